The summed E-state index contributed by atoms with van der Waals surface area (Å²) in [6.07, 6.45) is 29.2. The number of hydrogen-bond donors (Lipinski definition) is 8. The number of nitrogens with zero attached hydrogens (tertiary/aromatic N) is 17. The molecule has 4 amide bonds. The number of carbonyl (C=O) groups excluding carboxylic acids is 4. The van der Waals surface area contributed by atoms with Gasteiger partial charge in [-0.25, -0.2) is 24.7 Å². The zero-order chi connectivity index (χ0) is 92.5. The molecular weight excluding hydrogens is 1670 g/mol. The predicted molar refractivity (Wildman–Crippen MR) is 514 cm³/mol. The van der Waals surface area contributed by atoms with Crippen molar-refractivity contribution in [1.29, 1.82) is 0 Å². The SMILES string of the molecule is C=C1CCN(C2CCCC2)c2nc(Nc3ccc(C(=O)N4CCNCC4)cc3OC)ncc2N1C.C=C1CCN(C2CCCC2)c2nc(Nc3ccc(C(=O)NC)cc3OC)ncc2N1C.C=C1CCN(C2CCCC2)c2nc(Nc3ccc(C(=O)NCCOC)cc3OC)ncc2N1C.COc1cc(C(=O)O)ccc1Nc1ncc2c(n1)N(C1CCCC1)CC(C)C(=O)N2C. The number of ether oxygens (including phenoxy) is 5. The molecule has 0 bridgehead atoms. The molecule has 1 atom stereocenters. The van der Waals surface area contributed by atoms with Gasteiger partial charge in [-0.15, -0.1) is 0 Å². The highest BCUT2D eigenvalue weighted by Crippen LogP contribution is 2.45. The molecule has 9 aliphatic rings. The third-order valence-electron chi connectivity index (χ3n) is 26.2. The summed E-state index contributed by atoms with van der Waals surface area (Å²) < 4.78 is 27.0. The van der Waals surface area contributed by atoms with Gasteiger partial charge in [-0.3, -0.25) is 19.2 Å². The maximum Gasteiger partial charge on any atom is 0.335 e. The van der Waals surface area contributed by atoms with Gasteiger partial charge in [0.05, 0.1) is 94.1 Å². The molecule has 131 heavy (non-hydrogen) atoms. The minimum Gasteiger partial charge on any atom is -0.495 e. The Morgan fingerprint density at radius 1 is 0.443 bits per heavy atom. The Morgan fingerprint density at radius 2 is 0.763 bits per heavy atom. The molecule has 9 heterocycles. The summed E-state index contributed by atoms with van der Waals surface area (Å²) in [6.45, 7) is 22.0. The van der Waals surface area contributed by atoms with Crippen molar-refractivity contribution in [3.63, 3.8) is 0 Å². The maximum atomic E-state index is 12.9. The van der Waals surface area contributed by atoms with Gasteiger partial charge in [0.2, 0.25) is 29.7 Å². The molecule has 4 aromatic carbocycles. The van der Waals surface area contributed by atoms with Gasteiger partial charge >= 0.3 is 5.97 Å². The van der Waals surface area contributed by atoms with Crippen molar-refractivity contribution >= 4 is 122 Å². The molecule has 4 aliphatic carbocycles. The summed E-state index contributed by atoms with van der Waals surface area (Å²) in [5.41, 5.74) is 11.3. The second-order valence-corrected chi connectivity index (χ2v) is 34.4. The van der Waals surface area contributed by atoms with Crippen LogP contribution in [0.3, 0.4) is 0 Å². The minimum atomic E-state index is -1.03. The highest BCUT2D eigenvalue weighted by atomic mass is 16.5. The number of carboxylic acids is 1. The molecule has 8 aromatic rings. The smallest absolute Gasteiger partial charge is 0.335 e. The topological polar surface area (TPSA) is 368 Å². The molecule has 35 nitrogen and oxygen atoms in total. The monoisotopic (exact) mass is 1790 g/mol. The Hall–Kier alpha value is -13.3. The summed E-state index contributed by atoms with van der Waals surface area (Å²) >= 11 is 0. The first-order chi connectivity index (χ1) is 63.5. The molecule has 696 valence electrons. The first kappa shape index (κ1) is 93.8. The fourth-order valence-corrected chi connectivity index (χ4v) is 18.5. The number of anilines is 16. The third-order valence-corrected chi connectivity index (χ3v) is 26.2. The van der Waals surface area contributed by atoms with E-state index in [1.165, 1.54) is 109 Å². The number of fused-ring (bicyclic) bond motifs is 4. The van der Waals surface area contributed by atoms with E-state index in [9.17, 15) is 29.1 Å². The van der Waals surface area contributed by atoms with E-state index in [2.05, 4.69) is 111 Å². The van der Waals surface area contributed by atoms with Crippen LogP contribution in [0.4, 0.5) is 92.6 Å². The standard InChI is InChI=1S/C26H35N7O2.C25H34N6O3.C23H30N6O2.C22H27N5O4/c1-18-10-13-33(20-6-4-5-7-20)24-22(31(18)2)17-28-26(30-24)29-21-9-8-19(16-23(21)35-3)25(34)32-14-11-27-12-15-32;1-17-11-13-31(19-7-5-6-8-19)23-21(30(17)2)16-27-25(29-23)28-20-10-9-18(15-22(20)34-4)24(32)26-12-14-33-3;1-15-11-12-29(17-7-5-6-8-17)21-19(28(15)3)14-25-23(27-21)26-18-10-9-16(22(30)24-2)13-20(18)31-4;1-13-12-27(15-6-4-5-7-15)19-17(26(2)20(13)28)11-23-22(25-19)24-16-9-8-14(21(29)30)10-18(16)31-3/h8-9,16-17,20,27H,1,4-7,10-15H2,2-3H3,(H,28,29,30);9-10,15-16,19H,1,5-8,11-14H2,2-4H3,(H,26,32)(H,27,28,29);9-10,13-14,17H,1,5-8,11-12H2,2-4H3,(H,24,30)(H,25,26,27);8-11,13,15H,4-7,12H2,1-3H3,(H,29,30)(H,23,24,25). The quantitative estimate of drug-likeness (QED) is 0.0276. The summed E-state index contributed by atoms with van der Waals surface area (Å²) in [5, 5.41) is 30.9. The Bertz CT molecular complexity index is 5440. The van der Waals surface area contributed by atoms with Crippen LogP contribution in [0, 0.1) is 5.92 Å². The second kappa shape index (κ2) is 43.4. The van der Waals surface area contributed by atoms with Crippen molar-refractivity contribution in [2.24, 2.45) is 5.92 Å². The fourth-order valence-electron chi connectivity index (χ4n) is 18.5. The lowest BCUT2D eigenvalue weighted by Crippen LogP contribution is -2.46. The van der Waals surface area contributed by atoms with Gasteiger partial charge in [-0.1, -0.05) is 78.0 Å². The Morgan fingerprint density at radius 3 is 1.11 bits per heavy atom. The van der Waals surface area contributed by atoms with E-state index in [1.807, 2.05) is 69.8 Å². The van der Waals surface area contributed by atoms with Crippen LogP contribution in [-0.4, -0.2) is 240 Å². The molecular formula is C96H126N24O11. The van der Waals surface area contributed by atoms with Crippen LogP contribution < -0.4 is 95.4 Å². The number of piperazine rings is 1. The lowest BCUT2D eigenvalue weighted by Gasteiger charge is -2.31. The van der Waals surface area contributed by atoms with Gasteiger partial charge in [0.1, 0.15) is 45.7 Å². The first-order valence-electron chi connectivity index (χ1n) is 45.6. The summed E-state index contributed by atoms with van der Waals surface area (Å²) in [5.74, 6) is 6.02. The van der Waals surface area contributed by atoms with E-state index in [-0.39, 0.29) is 35.1 Å². The molecule has 1 unspecified atom stereocenters. The van der Waals surface area contributed by atoms with Gasteiger partial charge in [0.25, 0.3) is 17.7 Å². The van der Waals surface area contributed by atoms with E-state index >= 15 is 0 Å². The van der Waals surface area contributed by atoms with E-state index in [0.29, 0.717) is 143 Å². The Balaban J connectivity index is 0.000000141. The number of carbonyl (C=O) groups is 5. The number of rotatable bonds is 23. The minimum absolute atomic E-state index is 0.0214. The summed E-state index contributed by atoms with van der Waals surface area (Å²) in [4.78, 5) is 118. The van der Waals surface area contributed by atoms with E-state index in [4.69, 9.17) is 43.6 Å². The van der Waals surface area contributed by atoms with Crippen LogP contribution in [0.5, 0.6) is 23.0 Å². The fraction of sp³-hybridized carbons (Fsp3) is 0.469. The van der Waals surface area contributed by atoms with E-state index < -0.39 is 5.97 Å². The highest BCUT2D eigenvalue weighted by molar-refractivity contribution is 6.00. The van der Waals surface area contributed by atoms with Crippen molar-refractivity contribution in [3.05, 3.63) is 157 Å². The third kappa shape index (κ3) is 21.9. The van der Waals surface area contributed by atoms with Crippen molar-refractivity contribution in [1.82, 2.24) is 60.7 Å². The Labute approximate surface area is 767 Å². The molecule has 8 N–H and O–H groups in total. The highest BCUT2D eigenvalue weighted by Gasteiger charge is 2.38. The van der Waals surface area contributed by atoms with Crippen LogP contribution in [0.15, 0.2) is 134 Å². The van der Waals surface area contributed by atoms with Gasteiger partial charge in [0.15, 0.2) is 23.3 Å². The normalized spacial score (nSPS) is 17.8. The van der Waals surface area contributed by atoms with Crippen LogP contribution in [0.2, 0.25) is 0 Å². The lowest BCUT2D eigenvalue weighted by molar-refractivity contribution is -0.121. The Kier molecular flexibility index (Phi) is 31.1. The number of nitrogens with one attached hydrogen (secondary N) is 7. The number of aromatic carboxylic acids is 1. The van der Waals surface area contributed by atoms with Crippen molar-refractivity contribution in [2.45, 2.75) is 153 Å². The van der Waals surface area contributed by atoms with Gasteiger partial charge < -0.3 is 110 Å². The molecule has 1 saturated heterocycles. The zero-order valence-corrected chi connectivity index (χ0v) is 77.4. The van der Waals surface area contributed by atoms with Gasteiger partial charge in [0, 0.05) is 178 Å². The average Bonchev–Trinajstić information content (AvgIpc) is 1.57. The number of aromatic nitrogens is 8. The van der Waals surface area contributed by atoms with Crippen LogP contribution in [0.1, 0.15) is 170 Å². The maximum absolute atomic E-state index is 12.9. The molecule has 35 heteroatoms. The number of methoxy groups -OCH3 is 5. The second-order valence-electron chi connectivity index (χ2n) is 34.4. The van der Waals surface area contributed by atoms with Crippen LogP contribution in [0.25, 0.3) is 0 Å². The van der Waals surface area contributed by atoms with Crippen LogP contribution >= 0.6 is 0 Å². The molecule has 17 rings (SSSR count). The van der Waals surface area contributed by atoms with E-state index in [0.717, 1.165) is 128 Å². The number of carboxylic acid groups (broad SMARTS) is 1. The summed E-state index contributed by atoms with van der Waals surface area (Å²) in [6, 6.07) is 22.4. The van der Waals surface area contributed by atoms with Crippen molar-refractivity contribution in [3.8, 4) is 23.0 Å². The van der Waals surface area contributed by atoms with Crippen LogP contribution in [-0.2, 0) is 9.53 Å². The van der Waals surface area contributed by atoms with Crippen molar-refractivity contribution < 1.29 is 52.8 Å². The zero-order valence-electron chi connectivity index (χ0n) is 77.4. The molecule has 5 aliphatic heterocycles. The summed E-state index contributed by atoms with van der Waals surface area (Å²) in [7, 11) is 17.3. The molecule has 0 radical (unpaired) electrons. The van der Waals surface area contributed by atoms with E-state index in [1.54, 1.807) is 96.1 Å². The largest absolute Gasteiger partial charge is 0.495 e. The predicted octanol–water partition coefficient (Wildman–Crippen LogP) is 14.1. The first-order valence-corrected chi connectivity index (χ1v) is 45.6. The van der Waals surface area contributed by atoms with Gasteiger partial charge in [-0.2, -0.15) is 19.9 Å². The number of hydrogen-bond acceptors (Lipinski definition) is 30. The van der Waals surface area contributed by atoms with Gasteiger partial charge in [-0.05, 0) is 124 Å². The average molecular weight is 1790 g/mol. The molecule has 5 fully saturated rings. The van der Waals surface area contributed by atoms with Crippen molar-refractivity contribution in [2.75, 3.05) is 197 Å². The molecule has 4 saturated carbocycles. The number of benzene rings is 4. The number of amides is 4. The molecule has 4 aromatic heterocycles. The lowest BCUT2D eigenvalue weighted by atomic mass is 10.1. The molecule has 0 spiro atoms.